The van der Waals surface area contributed by atoms with Gasteiger partial charge in [-0.05, 0) is 17.7 Å². The van der Waals surface area contributed by atoms with Crippen LogP contribution >= 0.6 is 11.8 Å². The molecule has 1 aromatic rings. The third-order valence-electron chi connectivity index (χ3n) is 1.74. The van der Waals surface area contributed by atoms with Crippen molar-refractivity contribution in [3.63, 3.8) is 0 Å². The normalized spacial score (nSPS) is 10.0. The molecule has 1 aromatic heterocycles. The van der Waals surface area contributed by atoms with Crippen LogP contribution in [0.5, 0.6) is 0 Å². The topological polar surface area (TPSA) is 24.9 Å². The van der Waals surface area contributed by atoms with E-state index in [0.29, 0.717) is 0 Å². The van der Waals surface area contributed by atoms with E-state index in [0.717, 1.165) is 24.6 Å². The second-order valence-electron chi connectivity index (χ2n) is 2.90. The molecule has 1 N–H and O–H groups in total. The molecule has 0 unspecified atom stereocenters. The van der Waals surface area contributed by atoms with Crippen LogP contribution in [0.25, 0.3) is 0 Å². The summed E-state index contributed by atoms with van der Waals surface area (Å²) >= 11 is 1.90. The molecule has 1 rings (SSSR count). The van der Waals surface area contributed by atoms with Crippen LogP contribution in [-0.2, 0) is 6.54 Å². The van der Waals surface area contributed by atoms with E-state index in [1.807, 2.05) is 42.4 Å². The molecule has 3 heteroatoms. The first kappa shape index (κ1) is 11.3. The predicted octanol–water partition coefficient (Wildman–Crippen LogP) is 2.09. The van der Waals surface area contributed by atoms with Crippen LogP contribution in [0, 0.1) is 0 Å². The Morgan fingerprint density at radius 3 is 2.93 bits per heavy atom. The van der Waals surface area contributed by atoms with Crippen molar-refractivity contribution in [2.75, 3.05) is 18.1 Å². The van der Waals surface area contributed by atoms with Gasteiger partial charge in [0.2, 0.25) is 0 Å². The largest absolute Gasteiger partial charge is 0.312 e. The summed E-state index contributed by atoms with van der Waals surface area (Å²) in [5.41, 5.74) is 1.29. The summed E-state index contributed by atoms with van der Waals surface area (Å²) in [5.74, 6) is 2.17. The summed E-state index contributed by atoms with van der Waals surface area (Å²) in [6.07, 6.45) is 5.58. The lowest BCUT2D eigenvalue weighted by Gasteiger charge is -2.03. The van der Waals surface area contributed by atoms with E-state index < -0.39 is 0 Å². The molecule has 14 heavy (non-hydrogen) atoms. The van der Waals surface area contributed by atoms with E-state index in [1.54, 1.807) is 0 Å². The molecule has 0 aromatic carbocycles. The highest BCUT2D eigenvalue weighted by Gasteiger charge is 1.90. The number of rotatable bonds is 7. The quantitative estimate of drug-likeness (QED) is 0.548. The Hall–Kier alpha value is -0.800. The van der Waals surface area contributed by atoms with Gasteiger partial charge in [-0.3, -0.25) is 4.98 Å². The minimum absolute atomic E-state index is 0.928. The monoisotopic (exact) mass is 208 g/mol. The molecule has 0 spiro atoms. The zero-order chi connectivity index (χ0) is 10.1. The first-order valence-corrected chi connectivity index (χ1v) is 5.87. The Morgan fingerprint density at radius 2 is 2.21 bits per heavy atom. The van der Waals surface area contributed by atoms with Gasteiger partial charge in [0.25, 0.3) is 0 Å². The van der Waals surface area contributed by atoms with E-state index in [2.05, 4.69) is 16.9 Å². The SMILES string of the molecule is C=CCSCCNCc1ccncc1. The van der Waals surface area contributed by atoms with Crippen molar-refractivity contribution in [3.8, 4) is 0 Å². The second kappa shape index (κ2) is 7.59. The van der Waals surface area contributed by atoms with Gasteiger partial charge in [-0.15, -0.1) is 6.58 Å². The molecule has 76 valence electrons. The maximum atomic E-state index is 3.97. The Kier molecular flexibility index (Phi) is 6.11. The third kappa shape index (κ3) is 5.04. The van der Waals surface area contributed by atoms with E-state index in [1.165, 1.54) is 5.56 Å². The Morgan fingerprint density at radius 1 is 1.43 bits per heavy atom. The molecular weight excluding hydrogens is 192 g/mol. The molecular formula is C11H16N2S. The van der Waals surface area contributed by atoms with Crippen LogP contribution in [0.15, 0.2) is 37.2 Å². The number of nitrogens with one attached hydrogen (secondary N) is 1. The van der Waals surface area contributed by atoms with Crippen molar-refractivity contribution in [3.05, 3.63) is 42.7 Å². The highest BCUT2D eigenvalue weighted by atomic mass is 32.2. The van der Waals surface area contributed by atoms with Crippen LogP contribution < -0.4 is 5.32 Å². The molecule has 0 amide bonds. The van der Waals surface area contributed by atoms with Gasteiger partial charge in [-0.25, -0.2) is 0 Å². The highest BCUT2D eigenvalue weighted by molar-refractivity contribution is 7.99. The molecule has 0 aliphatic heterocycles. The van der Waals surface area contributed by atoms with Crippen LogP contribution in [0.4, 0.5) is 0 Å². The first-order valence-electron chi connectivity index (χ1n) is 4.71. The van der Waals surface area contributed by atoms with Crippen molar-refractivity contribution in [1.82, 2.24) is 10.3 Å². The molecule has 0 saturated carbocycles. The van der Waals surface area contributed by atoms with Gasteiger partial charge in [0.05, 0.1) is 0 Å². The lowest BCUT2D eigenvalue weighted by atomic mass is 10.3. The van der Waals surface area contributed by atoms with Crippen LogP contribution in [0.2, 0.25) is 0 Å². The zero-order valence-corrected chi connectivity index (χ0v) is 9.09. The fraction of sp³-hybridized carbons (Fsp3) is 0.364. The van der Waals surface area contributed by atoms with Crippen LogP contribution in [0.3, 0.4) is 0 Å². The molecule has 0 atom stereocenters. The Labute approximate surface area is 89.8 Å². The summed E-state index contributed by atoms with van der Waals surface area (Å²) in [7, 11) is 0. The number of pyridine rings is 1. The fourth-order valence-corrected chi connectivity index (χ4v) is 1.67. The smallest absolute Gasteiger partial charge is 0.0271 e. The van der Waals surface area contributed by atoms with Gasteiger partial charge >= 0.3 is 0 Å². The summed E-state index contributed by atoms with van der Waals surface area (Å²) in [6.45, 7) is 5.65. The van der Waals surface area contributed by atoms with Crippen molar-refractivity contribution in [2.24, 2.45) is 0 Å². The van der Waals surface area contributed by atoms with Gasteiger partial charge in [0, 0.05) is 37.0 Å². The number of hydrogen-bond donors (Lipinski definition) is 1. The zero-order valence-electron chi connectivity index (χ0n) is 8.28. The molecule has 0 aliphatic rings. The second-order valence-corrected chi connectivity index (χ2v) is 4.05. The van der Waals surface area contributed by atoms with Crippen molar-refractivity contribution >= 4 is 11.8 Å². The van der Waals surface area contributed by atoms with Gasteiger partial charge < -0.3 is 5.32 Å². The van der Waals surface area contributed by atoms with Crippen molar-refractivity contribution in [2.45, 2.75) is 6.54 Å². The van der Waals surface area contributed by atoms with Gasteiger partial charge in [0.1, 0.15) is 0 Å². The fourth-order valence-electron chi connectivity index (χ4n) is 1.04. The summed E-state index contributed by atoms with van der Waals surface area (Å²) in [4.78, 5) is 3.97. The van der Waals surface area contributed by atoms with Crippen molar-refractivity contribution in [1.29, 1.82) is 0 Å². The summed E-state index contributed by atoms with van der Waals surface area (Å²) < 4.78 is 0. The standard InChI is InChI=1S/C11H16N2S/c1-2-8-14-9-7-13-10-11-3-5-12-6-4-11/h2-6,13H,1,7-10H2. The van der Waals surface area contributed by atoms with E-state index >= 15 is 0 Å². The maximum Gasteiger partial charge on any atom is 0.0271 e. The van der Waals surface area contributed by atoms with E-state index in [9.17, 15) is 0 Å². The minimum atomic E-state index is 0.928. The molecule has 0 bridgehead atoms. The average molecular weight is 208 g/mol. The van der Waals surface area contributed by atoms with Gasteiger partial charge in [0.15, 0.2) is 0 Å². The average Bonchev–Trinajstić information content (AvgIpc) is 2.25. The summed E-state index contributed by atoms with van der Waals surface area (Å²) in [6, 6.07) is 4.06. The molecule has 2 nitrogen and oxygen atoms in total. The van der Waals surface area contributed by atoms with Crippen molar-refractivity contribution < 1.29 is 0 Å². The number of thioether (sulfide) groups is 1. The van der Waals surface area contributed by atoms with Gasteiger partial charge in [-0.1, -0.05) is 6.08 Å². The number of aromatic nitrogens is 1. The molecule has 1 heterocycles. The molecule has 0 aliphatic carbocycles. The first-order chi connectivity index (χ1) is 6.93. The van der Waals surface area contributed by atoms with Gasteiger partial charge in [-0.2, -0.15) is 11.8 Å². The predicted molar refractivity (Wildman–Crippen MR) is 63.5 cm³/mol. The molecule has 0 fully saturated rings. The number of nitrogens with zero attached hydrogens (tertiary/aromatic N) is 1. The molecule has 0 saturated heterocycles. The Bertz CT molecular complexity index is 249. The maximum absolute atomic E-state index is 3.97. The van der Waals surface area contributed by atoms with Crippen LogP contribution in [0.1, 0.15) is 5.56 Å². The third-order valence-corrected chi connectivity index (χ3v) is 2.70. The van der Waals surface area contributed by atoms with E-state index in [4.69, 9.17) is 0 Å². The minimum Gasteiger partial charge on any atom is -0.312 e. The van der Waals surface area contributed by atoms with Crippen LogP contribution in [-0.4, -0.2) is 23.0 Å². The highest BCUT2D eigenvalue weighted by Crippen LogP contribution is 1.98. The Balaban J connectivity index is 2.02. The lowest BCUT2D eigenvalue weighted by Crippen LogP contribution is -2.16. The number of hydrogen-bond acceptors (Lipinski definition) is 3. The summed E-state index contributed by atoms with van der Waals surface area (Å²) in [5, 5.41) is 3.38. The van der Waals surface area contributed by atoms with E-state index in [-0.39, 0.29) is 0 Å². The molecule has 0 radical (unpaired) electrons. The lowest BCUT2D eigenvalue weighted by molar-refractivity contribution is 0.731.